The van der Waals surface area contributed by atoms with E-state index in [4.69, 9.17) is 0 Å². The summed E-state index contributed by atoms with van der Waals surface area (Å²) in [4.78, 5) is 8.90. The van der Waals surface area contributed by atoms with Crippen molar-refractivity contribution in [2.75, 3.05) is 0 Å². The zero-order valence-corrected chi connectivity index (χ0v) is 9.43. The third-order valence-electron chi connectivity index (χ3n) is 2.97. The first-order chi connectivity index (χ1) is 7.81. The van der Waals surface area contributed by atoms with Crippen molar-refractivity contribution >= 4 is 0 Å². The van der Waals surface area contributed by atoms with Crippen LogP contribution in [-0.4, -0.2) is 24.3 Å². The van der Waals surface area contributed by atoms with Gasteiger partial charge in [0.25, 0.3) is 0 Å². The third-order valence-corrected chi connectivity index (χ3v) is 2.97. The maximum Gasteiger partial charge on any atom is 0.194 e. The standard InChI is InChI=1S/C10H14N6/c1-3-16-8-5-11-4-7(8)14-10(16)9-12-6-13-15(9)2/h6,11H,3-5H2,1-2H3. The van der Waals surface area contributed by atoms with Crippen LogP contribution in [0.1, 0.15) is 18.3 Å². The van der Waals surface area contributed by atoms with Crippen LogP contribution in [0.3, 0.4) is 0 Å². The molecule has 0 aromatic carbocycles. The van der Waals surface area contributed by atoms with Crippen LogP contribution in [0.4, 0.5) is 0 Å². The van der Waals surface area contributed by atoms with Crippen molar-refractivity contribution in [2.45, 2.75) is 26.6 Å². The molecule has 16 heavy (non-hydrogen) atoms. The second kappa shape index (κ2) is 3.41. The van der Waals surface area contributed by atoms with Gasteiger partial charge in [0, 0.05) is 26.7 Å². The highest BCUT2D eigenvalue weighted by molar-refractivity contribution is 5.47. The Balaban J connectivity index is 2.18. The molecule has 0 saturated carbocycles. The summed E-state index contributed by atoms with van der Waals surface area (Å²) in [6.07, 6.45) is 1.56. The molecule has 84 valence electrons. The molecular weight excluding hydrogens is 204 g/mol. The van der Waals surface area contributed by atoms with Crippen molar-refractivity contribution in [3.63, 3.8) is 0 Å². The highest BCUT2D eigenvalue weighted by atomic mass is 15.3. The van der Waals surface area contributed by atoms with Crippen molar-refractivity contribution in [1.82, 2.24) is 29.6 Å². The maximum atomic E-state index is 4.64. The molecule has 1 N–H and O–H groups in total. The molecule has 2 aromatic heterocycles. The van der Waals surface area contributed by atoms with Crippen LogP contribution in [0.2, 0.25) is 0 Å². The summed E-state index contributed by atoms with van der Waals surface area (Å²) in [7, 11) is 1.89. The Kier molecular flexibility index (Phi) is 2.03. The van der Waals surface area contributed by atoms with Gasteiger partial charge in [-0.2, -0.15) is 5.10 Å². The quantitative estimate of drug-likeness (QED) is 0.787. The monoisotopic (exact) mass is 218 g/mol. The molecule has 6 nitrogen and oxygen atoms in total. The van der Waals surface area contributed by atoms with Gasteiger partial charge in [0.15, 0.2) is 11.6 Å². The van der Waals surface area contributed by atoms with Gasteiger partial charge >= 0.3 is 0 Å². The number of hydrogen-bond donors (Lipinski definition) is 1. The van der Waals surface area contributed by atoms with Crippen LogP contribution in [0.15, 0.2) is 6.33 Å². The van der Waals surface area contributed by atoms with Crippen molar-refractivity contribution in [1.29, 1.82) is 0 Å². The first-order valence-corrected chi connectivity index (χ1v) is 5.44. The lowest BCUT2D eigenvalue weighted by atomic mass is 10.4. The number of imidazole rings is 1. The van der Waals surface area contributed by atoms with E-state index in [-0.39, 0.29) is 0 Å². The third kappa shape index (κ3) is 1.19. The molecule has 0 fully saturated rings. The second-order valence-corrected chi connectivity index (χ2v) is 3.88. The van der Waals surface area contributed by atoms with Crippen LogP contribution in [-0.2, 0) is 26.7 Å². The fraction of sp³-hybridized carbons (Fsp3) is 0.500. The minimum atomic E-state index is 0.830. The molecule has 6 heteroatoms. The molecule has 0 saturated heterocycles. The predicted molar refractivity (Wildman–Crippen MR) is 58.4 cm³/mol. The summed E-state index contributed by atoms with van der Waals surface area (Å²) in [5.74, 6) is 1.75. The number of rotatable bonds is 2. The van der Waals surface area contributed by atoms with Gasteiger partial charge in [-0.25, -0.2) is 14.6 Å². The molecule has 1 aliphatic rings. The highest BCUT2D eigenvalue weighted by Gasteiger charge is 2.22. The number of aromatic nitrogens is 5. The van der Waals surface area contributed by atoms with E-state index < -0.39 is 0 Å². The predicted octanol–water partition coefficient (Wildman–Crippen LogP) is 0.302. The van der Waals surface area contributed by atoms with Crippen molar-refractivity contribution in [3.8, 4) is 11.6 Å². The van der Waals surface area contributed by atoms with Crippen molar-refractivity contribution in [2.24, 2.45) is 7.05 Å². The Bertz CT molecular complexity index is 523. The summed E-state index contributed by atoms with van der Waals surface area (Å²) in [6, 6.07) is 0. The van der Waals surface area contributed by atoms with Crippen LogP contribution >= 0.6 is 0 Å². The Morgan fingerprint density at radius 3 is 2.94 bits per heavy atom. The van der Waals surface area contributed by atoms with Crippen LogP contribution in [0.5, 0.6) is 0 Å². The molecule has 0 unspecified atom stereocenters. The van der Waals surface area contributed by atoms with E-state index in [1.165, 1.54) is 5.69 Å². The van der Waals surface area contributed by atoms with Gasteiger partial charge in [-0.1, -0.05) is 0 Å². The summed E-state index contributed by atoms with van der Waals surface area (Å²) < 4.78 is 3.97. The number of nitrogens with zero attached hydrogens (tertiary/aromatic N) is 5. The Labute approximate surface area is 93.3 Å². The zero-order valence-electron chi connectivity index (χ0n) is 9.43. The molecule has 0 atom stereocenters. The molecule has 0 aliphatic carbocycles. The minimum Gasteiger partial charge on any atom is -0.324 e. The first-order valence-electron chi connectivity index (χ1n) is 5.44. The summed E-state index contributed by atoms with van der Waals surface area (Å²) in [6.45, 7) is 4.79. The topological polar surface area (TPSA) is 60.6 Å². The van der Waals surface area contributed by atoms with Gasteiger partial charge in [0.05, 0.1) is 11.4 Å². The van der Waals surface area contributed by atoms with Crippen LogP contribution in [0, 0.1) is 0 Å². The Morgan fingerprint density at radius 2 is 2.25 bits per heavy atom. The lowest BCUT2D eigenvalue weighted by Gasteiger charge is -2.07. The van der Waals surface area contributed by atoms with Gasteiger partial charge in [-0.3, -0.25) is 0 Å². The number of hydrogen-bond acceptors (Lipinski definition) is 4. The normalized spacial score (nSPS) is 14.4. The number of aryl methyl sites for hydroxylation is 1. The van der Waals surface area contributed by atoms with E-state index in [0.29, 0.717) is 0 Å². The number of nitrogens with one attached hydrogen (secondary N) is 1. The molecular formula is C10H14N6. The smallest absolute Gasteiger partial charge is 0.194 e. The fourth-order valence-electron chi connectivity index (χ4n) is 2.18. The van der Waals surface area contributed by atoms with E-state index in [1.54, 1.807) is 11.0 Å². The van der Waals surface area contributed by atoms with Crippen LogP contribution < -0.4 is 5.32 Å². The molecule has 2 aromatic rings. The van der Waals surface area contributed by atoms with Crippen molar-refractivity contribution in [3.05, 3.63) is 17.7 Å². The first kappa shape index (κ1) is 9.53. The summed E-state index contributed by atoms with van der Waals surface area (Å²) in [5, 5.41) is 7.39. The highest BCUT2D eigenvalue weighted by Crippen LogP contribution is 2.23. The summed E-state index contributed by atoms with van der Waals surface area (Å²) in [5.41, 5.74) is 2.42. The second-order valence-electron chi connectivity index (χ2n) is 3.88. The van der Waals surface area contributed by atoms with E-state index in [2.05, 4.69) is 31.9 Å². The minimum absolute atomic E-state index is 0.830. The zero-order chi connectivity index (χ0) is 11.1. The molecule has 3 heterocycles. The molecule has 0 bridgehead atoms. The lowest BCUT2D eigenvalue weighted by Crippen LogP contribution is -2.10. The largest absolute Gasteiger partial charge is 0.324 e. The van der Waals surface area contributed by atoms with E-state index >= 15 is 0 Å². The summed E-state index contributed by atoms with van der Waals surface area (Å²) >= 11 is 0. The van der Waals surface area contributed by atoms with E-state index in [9.17, 15) is 0 Å². The fourth-order valence-corrected chi connectivity index (χ4v) is 2.18. The van der Waals surface area contributed by atoms with Gasteiger partial charge in [0.1, 0.15) is 6.33 Å². The molecule has 0 spiro atoms. The molecule has 0 radical (unpaired) electrons. The Morgan fingerprint density at radius 1 is 1.38 bits per heavy atom. The van der Waals surface area contributed by atoms with Gasteiger partial charge in [-0.05, 0) is 6.92 Å². The van der Waals surface area contributed by atoms with E-state index in [1.807, 2.05) is 7.05 Å². The molecule has 1 aliphatic heterocycles. The van der Waals surface area contributed by atoms with Crippen LogP contribution in [0.25, 0.3) is 11.6 Å². The number of fused-ring (bicyclic) bond motifs is 1. The SMILES string of the molecule is CCn1c(-c2ncnn2C)nc2c1CNC2. The lowest BCUT2D eigenvalue weighted by molar-refractivity contribution is 0.667. The van der Waals surface area contributed by atoms with Gasteiger partial charge in [-0.15, -0.1) is 0 Å². The molecule has 0 amide bonds. The van der Waals surface area contributed by atoms with Gasteiger partial charge < -0.3 is 9.88 Å². The average Bonchev–Trinajstić information content (AvgIpc) is 2.90. The van der Waals surface area contributed by atoms with E-state index in [0.717, 1.165) is 37.0 Å². The Hall–Kier alpha value is -1.69. The molecule has 3 rings (SSSR count). The van der Waals surface area contributed by atoms with Crippen molar-refractivity contribution < 1.29 is 0 Å². The van der Waals surface area contributed by atoms with Gasteiger partial charge in [0.2, 0.25) is 0 Å². The maximum absolute atomic E-state index is 4.64. The average molecular weight is 218 g/mol.